The van der Waals surface area contributed by atoms with Crippen LogP contribution in [0.5, 0.6) is 11.5 Å². The standard InChI is InChI=1S/C15H20N2O4/c18-15(16-3-4-17-5-7-19-8-6-17)12-1-2-13-14(11-12)21-10-9-20-13/h1-2,11H,3-10H2,(H,16,18)/p+1. The Morgan fingerprint density at radius 3 is 2.67 bits per heavy atom. The summed E-state index contributed by atoms with van der Waals surface area (Å²) in [4.78, 5) is 13.6. The molecule has 0 atom stereocenters. The molecule has 0 saturated carbocycles. The maximum Gasteiger partial charge on any atom is 0.251 e. The molecule has 0 radical (unpaired) electrons. The molecule has 0 spiro atoms. The number of morpholine rings is 1. The Hall–Kier alpha value is -1.79. The van der Waals surface area contributed by atoms with Crippen LogP contribution in [0.2, 0.25) is 0 Å². The van der Waals surface area contributed by atoms with Crippen LogP contribution in [0, 0.1) is 0 Å². The first kappa shape index (κ1) is 14.2. The lowest BCUT2D eigenvalue weighted by Crippen LogP contribution is -3.14. The van der Waals surface area contributed by atoms with Crippen LogP contribution in [-0.4, -0.2) is 58.5 Å². The molecule has 1 fully saturated rings. The van der Waals surface area contributed by atoms with Gasteiger partial charge < -0.3 is 24.4 Å². The summed E-state index contributed by atoms with van der Waals surface area (Å²) in [6, 6.07) is 5.30. The SMILES string of the molecule is O=C(NCC[NH+]1CCOCC1)c1ccc2c(c1)OCCO2. The molecule has 0 aromatic heterocycles. The number of rotatable bonds is 4. The van der Waals surface area contributed by atoms with Crippen LogP contribution in [-0.2, 0) is 4.74 Å². The van der Waals surface area contributed by atoms with E-state index in [0.29, 0.717) is 36.8 Å². The first-order valence-electron chi connectivity index (χ1n) is 7.42. The minimum Gasteiger partial charge on any atom is -0.486 e. The van der Waals surface area contributed by atoms with Crippen molar-refractivity contribution in [2.24, 2.45) is 0 Å². The largest absolute Gasteiger partial charge is 0.486 e. The number of quaternary nitrogens is 1. The van der Waals surface area contributed by atoms with Crippen molar-refractivity contribution in [3.05, 3.63) is 23.8 Å². The minimum absolute atomic E-state index is 0.0698. The van der Waals surface area contributed by atoms with Crippen LogP contribution >= 0.6 is 0 Å². The molecule has 1 amide bonds. The third-order valence-electron chi connectivity index (χ3n) is 3.77. The Morgan fingerprint density at radius 1 is 1.10 bits per heavy atom. The lowest BCUT2D eigenvalue weighted by atomic mass is 10.2. The zero-order valence-electron chi connectivity index (χ0n) is 12.0. The average molecular weight is 293 g/mol. The molecule has 2 heterocycles. The number of nitrogens with one attached hydrogen (secondary N) is 2. The molecular formula is C15H21N2O4+. The van der Waals surface area contributed by atoms with Crippen molar-refractivity contribution in [3.8, 4) is 11.5 Å². The number of carbonyl (C=O) groups excluding carboxylic acids is 1. The fourth-order valence-electron chi connectivity index (χ4n) is 2.55. The Kier molecular flexibility index (Phi) is 4.57. The Labute approximate surface area is 124 Å². The number of fused-ring (bicyclic) bond motifs is 1. The molecule has 114 valence electrons. The van der Waals surface area contributed by atoms with Gasteiger partial charge in [-0.3, -0.25) is 4.79 Å². The van der Waals surface area contributed by atoms with E-state index in [1.54, 1.807) is 18.2 Å². The van der Waals surface area contributed by atoms with Gasteiger partial charge in [0.2, 0.25) is 0 Å². The molecule has 0 bridgehead atoms. The van der Waals surface area contributed by atoms with Gasteiger partial charge in [0.15, 0.2) is 11.5 Å². The van der Waals surface area contributed by atoms with Crippen molar-refractivity contribution >= 4 is 5.91 Å². The van der Waals surface area contributed by atoms with Gasteiger partial charge in [-0.05, 0) is 18.2 Å². The van der Waals surface area contributed by atoms with E-state index in [1.807, 2.05) is 0 Å². The molecule has 1 saturated heterocycles. The number of carbonyl (C=O) groups is 1. The van der Waals surface area contributed by atoms with Gasteiger partial charge in [-0.2, -0.15) is 0 Å². The van der Waals surface area contributed by atoms with Crippen LogP contribution in [0.1, 0.15) is 10.4 Å². The first-order valence-corrected chi connectivity index (χ1v) is 7.42. The third-order valence-corrected chi connectivity index (χ3v) is 3.77. The average Bonchev–Trinajstić information content (AvgIpc) is 2.55. The summed E-state index contributed by atoms with van der Waals surface area (Å²) in [7, 11) is 0. The summed E-state index contributed by atoms with van der Waals surface area (Å²) in [6.45, 7) is 6.33. The summed E-state index contributed by atoms with van der Waals surface area (Å²) < 4.78 is 16.3. The molecule has 0 unspecified atom stereocenters. The molecule has 6 nitrogen and oxygen atoms in total. The topological polar surface area (TPSA) is 61.2 Å². The third kappa shape index (κ3) is 3.65. The van der Waals surface area contributed by atoms with Gasteiger partial charge in [0.25, 0.3) is 5.91 Å². The second kappa shape index (κ2) is 6.78. The van der Waals surface area contributed by atoms with E-state index in [1.165, 1.54) is 4.90 Å². The monoisotopic (exact) mass is 293 g/mol. The highest BCUT2D eigenvalue weighted by molar-refractivity contribution is 5.94. The van der Waals surface area contributed by atoms with Gasteiger partial charge in [-0.15, -0.1) is 0 Å². The first-order chi connectivity index (χ1) is 10.3. The smallest absolute Gasteiger partial charge is 0.251 e. The summed E-state index contributed by atoms with van der Waals surface area (Å²) >= 11 is 0. The van der Waals surface area contributed by atoms with Crippen LogP contribution in [0.15, 0.2) is 18.2 Å². The van der Waals surface area contributed by atoms with Gasteiger partial charge in [-0.1, -0.05) is 0 Å². The molecule has 21 heavy (non-hydrogen) atoms. The number of amides is 1. The van der Waals surface area contributed by atoms with Gasteiger partial charge in [0.1, 0.15) is 26.3 Å². The lowest BCUT2D eigenvalue weighted by molar-refractivity contribution is -0.906. The van der Waals surface area contributed by atoms with Gasteiger partial charge in [-0.25, -0.2) is 0 Å². The van der Waals surface area contributed by atoms with Crippen molar-refractivity contribution in [2.75, 3.05) is 52.6 Å². The van der Waals surface area contributed by atoms with E-state index >= 15 is 0 Å². The zero-order valence-corrected chi connectivity index (χ0v) is 12.0. The molecule has 1 aromatic carbocycles. The minimum atomic E-state index is -0.0698. The fraction of sp³-hybridized carbons (Fsp3) is 0.533. The van der Waals surface area contributed by atoms with E-state index in [-0.39, 0.29) is 5.91 Å². The molecule has 2 aliphatic rings. The number of hydrogen-bond acceptors (Lipinski definition) is 4. The maximum absolute atomic E-state index is 12.1. The van der Waals surface area contributed by atoms with Crippen molar-refractivity contribution in [1.29, 1.82) is 0 Å². The highest BCUT2D eigenvalue weighted by atomic mass is 16.6. The van der Waals surface area contributed by atoms with E-state index in [2.05, 4.69) is 5.32 Å². The second-order valence-electron chi connectivity index (χ2n) is 5.23. The number of hydrogen-bond donors (Lipinski definition) is 2. The molecule has 1 aromatic rings. The summed E-state index contributed by atoms with van der Waals surface area (Å²) in [6.07, 6.45) is 0. The molecule has 2 N–H and O–H groups in total. The van der Waals surface area contributed by atoms with Crippen molar-refractivity contribution in [3.63, 3.8) is 0 Å². The normalized spacial score (nSPS) is 18.3. The quantitative estimate of drug-likeness (QED) is 0.755. The number of benzene rings is 1. The van der Waals surface area contributed by atoms with Gasteiger partial charge >= 0.3 is 0 Å². The van der Waals surface area contributed by atoms with E-state index in [4.69, 9.17) is 14.2 Å². The van der Waals surface area contributed by atoms with Crippen molar-refractivity contribution < 1.29 is 23.9 Å². The zero-order chi connectivity index (χ0) is 14.5. The Morgan fingerprint density at radius 2 is 1.86 bits per heavy atom. The van der Waals surface area contributed by atoms with Crippen LogP contribution < -0.4 is 19.7 Å². The maximum atomic E-state index is 12.1. The fourth-order valence-corrected chi connectivity index (χ4v) is 2.55. The molecular weight excluding hydrogens is 272 g/mol. The Balaban J connectivity index is 1.50. The van der Waals surface area contributed by atoms with E-state index in [9.17, 15) is 4.79 Å². The van der Waals surface area contributed by atoms with E-state index in [0.717, 1.165) is 32.8 Å². The van der Waals surface area contributed by atoms with Crippen LogP contribution in [0.25, 0.3) is 0 Å². The molecule has 2 aliphatic heterocycles. The van der Waals surface area contributed by atoms with Gasteiger partial charge in [0.05, 0.1) is 26.3 Å². The van der Waals surface area contributed by atoms with Gasteiger partial charge in [0, 0.05) is 5.56 Å². The van der Waals surface area contributed by atoms with Crippen LogP contribution in [0.4, 0.5) is 0 Å². The van der Waals surface area contributed by atoms with Crippen LogP contribution in [0.3, 0.4) is 0 Å². The predicted octanol–water partition coefficient (Wildman–Crippen LogP) is -0.897. The van der Waals surface area contributed by atoms with Crippen molar-refractivity contribution in [1.82, 2.24) is 5.32 Å². The summed E-state index contributed by atoms with van der Waals surface area (Å²) in [5.74, 6) is 1.28. The summed E-state index contributed by atoms with van der Waals surface area (Å²) in [5, 5.41) is 2.96. The molecule has 6 heteroatoms. The number of ether oxygens (including phenoxy) is 3. The summed E-state index contributed by atoms with van der Waals surface area (Å²) in [5.41, 5.74) is 0.608. The van der Waals surface area contributed by atoms with Crippen molar-refractivity contribution in [2.45, 2.75) is 0 Å². The predicted molar refractivity (Wildman–Crippen MR) is 76.1 cm³/mol. The highest BCUT2D eigenvalue weighted by Gasteiger charge is 2.16. The lowest BCUT2D eigenvalue weighted by Gasteiger charge is -2.23. The molecule has 0 aliphatic carbocycles. The second-order valence-corrected chi connectivity index (χ2v) is 5.23. The highest BCUT2D eigenvalue weighted by Crippen LogP contribution is 2.30. The Bertz CT molecular complexity index is 500. The molecule has 3 rings (SSSR count). The van der Waals surface area contributed by atoms with E-state index < -0.39 is 0 Å².